The van der Waals surface area contributed by atoms with Gasteiger partial charge in [0.15, 0.2) is 0 Å². The van der Waals surface area contributed by atoms with E-state index in [4.69, 9.17) is 0 Å². The number of rotatable bonds is 6. The topological polar surface area (TPSA) is 71.3 Å². The average molecular weight is 252 g/mol. The predicted octanol–water partition coefficient (Wildman–Crippen LogP) is 0.371. The monoisotopic (exact) mass is 252 g/mol. The number of aliphatic hydroxyl groups is 1. The van der Waals surface area contributed by atoms with Crippen molar-refractivity contribution in [2.75, 3.05) is 6.54 Å². The van der Waals surface area contributed by atoms with E-state index in [1.54, 1.807) is 18.3 Å². The van der Waals surface area contributed by atoms with E-state index in [0.717, 1.165) is 0 Å². The lowest BCUT2D eigenvalue weighted by molar-refractivity contribution is -0.121. The summed E-state index contributed by atoms with van der Waals surface area (Å²) >= 11 is 0. The SMILES string of the molecule is CC(C)C(O)CCNC(=O)Cn1ccccc1=O. The van der Waals surface area contributed by atoms with E-state index in [0.29, 0.717) is 13.0 Å². The third-order valence-corrected chi connectivity index (χ3v) is 2.74. The maximum absolute atomic E-state index is 11.6. The summed E-state index contributed by atoms with van der Waals surface area (Å²) < 4.78 is 1.34. The number of pyridine rings is 1. The fraction of sp³-hybridized carbons (Fsp3) is 0.538. The van der Waals surface area contributed by atoms with Gasteiger partial charge in [0.25, 0.3) is 5.56 Å². The molecule has 1 aromatic rings. The molecule has 1 unspecified atom stereocenters. The van der Waals surface area contributed by atoms with Gasteiger partial charge in [0.2, 0.25) is 5.91 Å². The molecule has 0 fully saturated rings. The molecule has 1 rings (SSSR count). The Hall–Kier alpha value is -1.62. The third kappa shape index (κ3) is 4.71. The second-order valence-corrected chi connectivity index (χ2v) is 4.62. The summed E-state index contributed by atoms with van der Waals surface area (Å²) in [7, 11) is 0. The molecule has 100 valence electrons. The number of aromatic nitrogens is 1. The summed E-state index contributed by atoms with van der Waals surface area (Å²) in [6.45, 7) is 4.28. The molecule has 5 nitrogen and oxygen atoms in total. The first-order valence-corrected chi connectivity index (χ1v) is 6.11. The van der Waals surface area contributed by atoms with Crippen LogP contribution in [0, 0.1) is 5.92 Å². The fourth-order valence-electron chi connectivity index (χ4n) is 1.49. The number of carbonyl (C=O) groups is 1. The van der Waals surface area contributed by atoms with Crippen molar-refractivity contribution >= 4 is 5.91 Å². The van der Waals surface area contributed by atoms with Gasteiger partial charge in [0, 0.05) is 18.8 Å². The lowest BCUT2D eigenvalue weighted by atomic mass is 10.0. The molecule has 1 atom stereocenters. The van der Waals surface area contributed by atoms with Crippen molar-refractivity contribution in [3.05, 3.63) is 34.7 Å². The van der Waals surface area contributed by atoms with Gasteiger partial charge in [0.05, 0.1) is 6.10 Å². The maximum atomic E-state index is 11.6. The Labute approximate surface area is 106 Å². The number of hydrogen-bond donors (Lipinski definition) is 2. The van der Waals surface area contributed by atoms with E-state index in [1.807, 2.05) is 13.8 Å². The zero-order chi connectivity index (χ0) is 13.5. The summed E-state index contributed by atoms with van der Waals surface area (Å²) in [6.07, 6.45) is 1.68. The standard InChI is InChI=1S/C13H20N2O3/c1-10(2)11(16)6-7-14-12(17)9-15-8-4-3-5-13(15)18/h3-5,8,10-11,16H,6-7,9H2,1-2H3,(H,14,17). The quantitative estimate of drug-likeness (QED) is 0.768. The summed E-state index contributed by atoms with van der Waals surface area (Å²) in [5, 5.41) is 12.3. The minimum absolute atomic E-state index is 0.0114. The molecule has 0 saturated heterocycles. The minimum atomic E-state index is -0.412. The molecule has 0 spiro atoms. The van der Waals surface area contributed by atoms with Crippen LogP contribution >= 0.6 is 0 Å². The molecule has 1 heterocycles. The Kier molecular flexibility index (Phi) is 5.58. The van der Waals surface area contributed by atoms with E-state index in [-0.39, 0.29) is 23.9 Å². The minimum Gasteiger partial charge on any atom is -0.393 e. The van der Waals surface area contributed by atoms with Crippen LogP contribution in [-0.4, -0.2) is 28.2 Å². The molecule has 18 heavy (non-hydrogen) atoms. The number of nitrogens with zero attached hydrogens (tertiary/aromatic N) is 1. The van der Waals surface area contributed by atoms with Crippen LogP contribution in [0.15, 0.2) is 29.2 Å². The zero-order valence-electron chi connectivity index (χ0n) is 10.8. The molecule has 0 aliphatic carbocycles. The van der Waals surface area contributed by atoms with Gasteiger partial charge in [-0.15, -0.1) is 0 Å². The number of hydrogen-bond acceptors (Lipinski definition) is 3. The zero-order valence-corrected chi connectivity index (χ0v) is 10.8. The Morgan fingerprint density at radius 1 is 1.44 bits per heavy atom. The summed E-state index contributed by atoms with van der Waals surface area (Å²) in [4.78, 5) is 22.9. The van der Waals surface area contributed by atoms with Gasteiger partial charge in [-0.25, -0.2) is 0 Å². The molecule has 1 amide bonds. The molecule has 0 saturated carbocycles. The van der Waals surface area contributed by atoms with Gasteiger partial charge >= 0.3 is 0 Å². The fourth-order valence-corrected chi connectivity index (χ4v) is 1.49. The molecule has 5 heteroatoms. The maximum Gasteiger partial charge on any atom is 0.250 e. The number of carbonyl (C=O) groups excluding carboxylic acids is 1. The van der Waals surface area contributed by atoms with Crippen LogP contribution in [0.5, 0.6) is 0 Å². The van der Waals surface area contributed by atoms with Gasteiger partial charge in [-0.1, -0.05) is 19.9 Å². The van der Waals surface area contributed by atoms with Crippen LogP contribution in [0.4, 0.5) is 0 Å². The van der Waals surface area contributed by atoms with E-state index >= 15 is 0 Å². The summed E-state index contributed by atoms with van der Waals surface area (Å²) in [6, 6.07) is 4.75. The van der Waals surface area contributed by atoms with Crippen LogP contribution < -0.4 is 10.9 Å². The largest absolute Gasteiger partial charge is 0.393 e. The molecule has 1 aromatic heterocycles. The van der Waals surface area contributed by atoms with Crippen LogP contribution in [0.3, 0.4) is 0 Å². The molecule has 0 aliphatic rings. The van der Waals surface area contributed by atoms with Crippen molar-refractivity contribution in [3.63, 3.8) is 0 Å². The molecule has 0 aromatic carbocycles. The number of nitrogens with one attached hydrogen (secondary N) is 1. The smallest absolute Gasteiger partial charge is 0.250 e. The van der Waals surface area contributed by atoms with E-state index in [2.05, 4.69) is 5.32 Å². The van der Waals surface area contributed by atoms with Crippen LogP contribution in [0.2, 0.25) is 0 Å². The highest BCUT2D eigenvalue weighted by molar-refractivity contribution is 5.75. The van der Waals surface area contributed by atoms with Crippen molar-refractivity contribution in [1.29, 1.82) is 0 Å². The normalized spacial score (nSPS) is 12.4. The van der Waals surface area contributed by atoms with Gasteiger partial charge in [-0.2, -0.15) is 0 Å². The number of aliphatic hydroxyl groups excluding tert-OH is 1. The highest BCUT2D eigenvalue weighted by atomic mass is 16.3. The van der Waals surface area contributed by atoms with Crippen molar-refractivity contribution in [2.45, 2.75) is 32.9 Å². The molecular formula is C13H20N2O3. The van der Waals surface area contributed by atoms with Crippen LogP contribution in [0.25, 0.3) is 0 Å². The molecule has 0 bridgehead atoms. The lowest BCUT2D eigenvalue weighted by Gasteiger charge is -2.14. The molecular weight excluding hydrogens is 232 g/mol. The third-order valence-electron chi connectivity index (χ3n) is 2.74. The highest BCUT2D eigenvalue weighted by Crippen LogP contribution is 2.03. The Bertz CT molecular complexity index is 440. The Balaban J connectivity index is 2.35. The van der Waals surface area contributed by atoms with Crippen LogP contribution in [-0.2, 0) is 11.3 Å². The Morgan fingerprint density at radius 2 is 2.17 bits per heavy atom. The molecule has 2 N–H and O–H groups in total. The molecule has 0 aliphatic heterocycles. The first kappa shape index (κ1) is 14.4. The second-order valence-electron chi connectivity index (χ2n) is 4.62. The predicted molar refractivity (Wildman–Crippen MR) is 69.2 cm³/mol. The van der Waals surface area contributed by atoms with Crippen molar-refractivity contribution < 1.29 is 9.90 Å². The van der Waals surface area contributed by atoms with E-state index in [9.17, 15) is 14.7 Å². The highest BCUT2D eigenvalue weighted by Gasteiger charge is 2.09. The van der Waals surface area contributed by atoms with Crippen molar-refractivity contribution in [3.8, 4) is 0 Å². The summed E-state index contributed by atoms with van der Waals surface area (Å²) in [5.41, 5.74) is -0.199. The van der Waals surface area contributed by atoms with Crippen LogP contribution in [0.1, 0.15) is 20.3 Å². The van der Waals surface area contributed by atoms with Gasteiger partial charge in [-0.3, -0.25) is 9.59 Å². The second kappa shape index (κ2) is 6.96. The van der Waals surface area contributed by atoms with E-state index < -0.39 is 6.10 Å². The first-order chi connectivity index (χ1) is 8.50. The van der Waals surface area contributed by atoms with Crippen molar-refractivity contribution in [1.82, 2.24) is 9.88 Å². The first-order valence-electron chi connectivity index (χ1n) is 6.11. The number of amides is 1. The lowest BCUT2D eigenvalue weighted by Crippen LogP contribution is -2.33. The van der Waals surface area contributed by atoms with E-state index in [1.165, 1.54) is 10.6 Å². The summed E-state index contributed by atoms with van der Waals surface area (Å²) in [5.74, 6) is -0.0436. The van der Waals surface area contributed by atoms with Gasteiger partial charge in [0.1, 0.15) is 6.54 Å². The molecule has 0 radical (unpaired) electrons. The van der Waals surface area contributed by atoms with Gasteiger partial charge in [-0.05, 0) is 18.4 Å². The Morgan fingerprint density at radius 3 is 2.78 bits per heavy atom. The van der Waals surface area contributed by atoms with Crippen molar-refractivity contribution in [2.24, 2.45) is 5.92 Å². The average Bonchev–Trinajstić information content (AvgIpc) is 2.32. The van der Waals surface area contributed by atoms with Gasteiger partial charge < -0.3 is 15.0 Å².